The number of allylic oxidation sites excluding steroid dienone is 6. The second kappa shape index (κ2) is 71.1. The summed E-state index contributed by atoms with van der Waals surface area (Å²) in [7, 11) is 0. The largest absolute Gasteiger partial charge is 0.462 e. The zero-order chi connectivity index (χ0) is 59.2. The molecule has 0 amide bonds. The molecule has 0 aliphatic rings. The van der Waals surface area contributed by atoms with Crippen LogP contribution in [-0.2, 0) is 28.6 Å². The fourth-order valence-corrected chi connectivity index (χ4v) is 11.3. The summed E-state index contributed by atoms with van der Waals surface area (Å²) in [4.78, 5) is 38.5. The average molecular weight is 1150 g/mol. The number of esters is 3. The van der Waals surface area contributed by atoms with E-state index in [1.54, 1.807) is 0 Å². The second-order valence-corrected chi connectivity index (χ2v) is 25.2. The molecule has 82 heavy (non-hydrogen) atoms. The molecule has 0 rings (SSSR count). The van der Waals surface area contributed by atoms with Crippen LogP contribution in [0.4, 0.5) is 0 Å². The van der Waals surface area contributed by atoms with Crippen LogP contribution in [0.2, 0.25) is 0 Å². The van der Waals surface area contributed by atoms with Crippen molar-refractivity contribution < 1.29 is 28.6 Å². The van der Waals surface area contributed by atoms with Gasteiger partial charge in [0.1, 0.15) is 13.2 Å². The molecular formula is C76H142O6. The summed E-state index contributed by atoms with van der Waals surface area (Å²) in [6.07, 6.45) is 88.9. The highest BCUT2D eigenvalue weighted by Gasteiger charge is 2.20. The van der Waals surface area contributed by atoms with Gasteiger partial charge in [0.25, 0.3) is 0 Å². The van der Waals surface area contributed by atoms with E-state index in [2.05, 4.69) is 57.2 Å². The Hall–Kier alpha value is -2.37. The molecule has 0 aliphatic carbocycles. The van der Waals surface area contributed by atoms with Crippen molar-refractivity contribution in [2.45, 2.75) is 419 Å². The number of carbonyl (C=O) groups is 3. The van der Waals surface area contributed by atoms with Crippen LogP contribution in [0.5, 0.6) is 0 Å². The first-order valence-corrected chi connectivity index (χ1v) is 37.0. The molecule has 0 saturated carbocycles. The van der Waals surface area contributed by atoms with E-state index in [4.69, 9.17) is 14.2 Å². The van der Waals surface area contributed by atoms with Crippen LogP contribution in [0.3, 0.4) is 0 Å². The predicted molar refractivity (Wildman–Crippen MR) is 358 cm³/mol. The first-order chi connectivity index (χ1) is 40.5. The van der Waals surface area contributed by atoms with E-state index >= 15 is 0 Å². The number of rotatable bonds is 69. The minimum atomic E-state index is -0.773. The number of hydrogen-bond donors (Lipinski definition) is 0. The molecule has 482 valence electrons. The van der Waals surface area contributed by atoms with Gasteiger partial charge in [-0.15, -0.1) is 0 Å². The predicted octanol–water partition coefficient (Wildman–Crippen LogP) is 25.5. The van der Waals surface area contributed by atoms with Gasteiger partial charge in [0, 0.05) is 19.3 Å². The zero-order valence-corrected chi connectivity index (χ0v) is 55.5. The van der Waals surface area contributed by atoms with Crippen LogP contribution in [0, 0.1) is 0 Å². The Kier molecular flexibility index (Phi) is 69.1. The monoisotopic (exact) mass is 1150 g/mol. The number of ether oxygens (including phenoxy) is 3. The van der Waals surface area contributed by atoms with Crippen molar-refractivity contribution in [2.24, 2.45) is 0 Å². The van der Waals surface area contributed by atoms with Crippen LogP contribution in [0.15, 0.2) is 36.5 Å². The molecular weight excluding hydrogens is 1010 g/mol. The van der Waals surface area contributed by atoms with E-state index < -0.39 is 6.10 Å². The number of hydrogen-bond acceptors (Lipinski definition) is 6. The highest BCUT2D eigenvalue weighted by atomic mass is 16.6. The molecule has 1 atom stereocenters. The van der Waals surface area contributed by atoms with Gasteiger partial charge >= 0.3 is 17.9 Å². The molecule has 0 bridgehead atoms. The smallest absolute Gasteiger partial charge is 0.306 e. The third-order valence-corrected chi connectivity index (χ3v) is 16.9. The van der Waals surface area contributed by atoms with Crippen molar-refractivity contribution in [2.75, 3.05) is 13.2 Å². The lowest BCUT2D eigenvalue weighted by Crippen LogP contribution is -2.30. The summed E-state index contributed by atoms with van der Waals surface area (Å²) >= 11 is 0. The minimum absolute atomic E-state index is 0.0680. The molecule has 6 heteroatoms. The summed E-state index contributed by atoms with van der Waals surface area (Å²) in [6, 6.07) is 0. The highest BCUT2D eigenvalue weighted by molar-refractivity contribution is 5.71. The Morgan fingerprint density at radius 2 is 0.439 bits per heavy atom. The van der Waals surface area contributed by atoms with Crippen molar-refractivity contribution in [1.82, 2.24) is 0 Å². The normalized spacial score (nSPS) is 12.2. The quantitative estimate of drug-likeness (QED) is 0.0261. The molecule has 0 N–H and O–H groups in total. The molecule has 0 spiro atoms. The standard InChI is InChI=1S/C76H142O6/c1-4-7-10-13-16-19-22-25-28-31-34-35-36-37-38-39-40-41-43-45-48-51-54-57-60-63-66-69-75(78)81-72-73(71-80-74(77)68-65-62-59-56-53-50-47-44-33-30-27-24-21-18-15-12-9-6-3)82-76(79)70-67-64-61-58-55-52-49-46-42-32-29-26-23-20-17-14-11-8-5-2/h17,20,26,29,31,34,73H,4-16,18-19,21-25,27-28,30,32-33,35-72H2,1-3H3/b20-17-,29-26-,34-31-. The van der Waals surface area contributed by atoms with Crippen LogP contribution < -0.4 is 0 Å². The molecule has 1 unspecified atom stereocenters. The van der Waals surface area contributed by atoms with E-state index in [9.17, 15) is 14.4 Å². The van der Waals surface area contributed by atoms with Gasteiger partial charge < -0.3 is 14.2 Å². The number of carbonyl (C=O) groups excluding carboxylic acids is 3. The third-order valence-electron chi connectivity index (χ3n) is 16.9. The van der Waals surface area contributed by atoms with Gasteiger partial charge in [-0.2, -0.15) is 0 Å². The van der Waals surface area contributed by atoms with E-state index in [1.165, 1.54) is 308 Å². The van der Waals surface area contributed by atoms with E-state index in [-0.39, 0.29) is 31.1 Å². The van der Waals surface area contributed by atoms with Crippen LogP contribution in [0.25, 0.3) is 0 Å². The lowest BCUT2D eigenvalue weighted by Gasteiger charge is -2.18. The minimum Gasteiger partial charge on any atom is -0.462 e. The molecule has 0 fully saturated rings. The molecule has 0 radical (unpaired) electrons. The maximum absolute atomic E-state index is 13.0. The molecule has 0 aromatic heterocycles. The maximum Gasteiger partial charge on any atom is 0.306 e. The van der Waals surface area contributed by atoms with Crippen molar-refractivity contribution in [1.29, 1.82) is 0 Å². The summed E-state index contributed by atoms with van der Waals surface area (Å²) in [6.45, 7) is 6.70. The number of unbranched alkanes of at least 4 members (excludes halogenated alkanes) is 52. The molecule has 0 aromatic carbocycles. The van der Waals surface area contributed by atoms with Crippen molar-refractivity contribution in [3.05, 3.63) is 36.5 Å². The second-order valence-electron chi connectivity index (χ2n) is 25.2. The van der Waals surface area contributed by atoms with Crippen molar-refractivity contribution in [3.63, 3.8) is 0 Å². The van der Waals surface area contributed by atoms with Crippen LogP contribution in [0.1, 0.15) is 412 Å². The Morgan fingerprint density at radius 1 is 0.244 bits per heavy atom. The van der Waals surface area contributed by atoms with E-state index in [0.717, 1.165) is 64.2 Å². The Bertz CT molecular complexity index is 1370. The van der Waals surface area contributed by atoms with E-state index in [0.29, 0.717) is 19.3 Å². The average Bonchev–Trinajstić information content (AvgIpc) is 3.47. The highest BCUT2D eigenvalue weighted by Crippen LogP contribution is 2.19. The Labute approximate surface area is 512 Å². The fraction of sp³-hybridized carbons (Fsp3) is 0.882. The molecule has 6 nitrogen and oxygen atoms in total. The first kappa shape index (κ1) is 79.6. The summed E-state index contributed by atoms with van der Waals surface area (Å²) in [5, 5.41) is 0. The first-order valence-electron chi connectivity index (χ1n) is 37.0. The molecule has 0 aromatic rings. The molecule has 0 saturated heterocycles. The molecule has 0 aliphatic heterocycles. The zero-order valence-electron chi connectivity index (χ0n) is 55.5. The Balaban J connectivity index is 4.26. The van der Waals surface area contributed by atoms with Crippen LogP contribution in [-0.4, -0.2) is 37.2 Å². The van der Waals surface area contributed by atoms with Gasteiger partial charge in [-0.25, -0.2) is 0 Å². The van der Waals surface area contributed by atoms with Crippen molar-refractivity contribution in [3.8, 4) is 0 Å². The topological polar surface area (TPSA) is 78.9 Å². The summed E-state index contributed by atoms with van der Waals surface area (Å²) in [5.74, 6) is -0.839. The summed E-state index contributed by atoms with van der Waals surface area (Å²) in [5.41, 5.74) is 0. The van der Waals surface area contributed by atoms with Gasteiger partial charge in [-0.1, -0.05) is 353 Å². The maximum atomic E-state index is 13.0. The van der Waals surface area contributed by atoms with E-state index in [1.807, 2.05) is 0 Å². The van der Waals surface area contributed by atoms with Gasteiger partial charge in [0.15, 0.2) is 6.10 Å². The van der Waals surface area contributed by atoms with Gasteiger partial charge in [0.05, 0.1) is 0 Å². The van der Waals surface area contributed by atoms with Gasteiger partial charge in [-0.05, 0) is 77.0 Å². The van der Waals surface area contributed by atoms with Gasteiger partial charge in [0.2, 0.25) is 0 Å². The SMILES string of the molecule is CCCCC/C=C\C/C=C\CCCCCCCCCCCC(=O)OC(COC(=O)CCCCCCCCCCCCCCCCC/C=C\CCCCCCCCCC)COC(=O)CCCCCCCCCCCCCCCCCCCC. The van der Waals surface area contributed by atoms with Crippen LogP contribution >= 0.6 is 0 Å². The van der Waals surface area contributed by atoms with Crippen molar-refractivity contribution >= 4 is 17.9 Å². The fourth-order valence-electron chi connectivity index (χ4n) is 11.3. The van der Waals surface area contributed by atoms with Gasteiger partial charge in [-0.3, -0.25) is 14.4 Å². The third kappa shape index (κ3) is 68.4. The molecule has 0 heterocycles. The lowest BCUT2D eigenvalue weighted by atomic mass is 10.0. The lowest BCUT2D eigenvalue weighted by molar-refractivity contribution is -0.167. The summed E-state index contributed by atoms with van der Waals surface area (Å²) < 4.78 is 17.0. The Morgan fingerprint density at radius 3 is 0.707 bits per heavy atom.